The van der Waals surface area contributed by atoms with Gasteiger partial charge in [-0.05, 0) is 12.1 Å². The van der Waals surface area contributed by atoms with E-state index in [4.69, 9.17) is 9.68 Å². The molecule has 0 amide bonds. The van der Waals surface area contributed by atoms with Crippen LogP contribution in [0.25, 0.3) is 11.1 Å². The number of nitriles is 1. The summed E-state index contributed by atoms with van der Waals surface area (Å²) in [6, 6.07) is 5.04. The highest BCUT2D eigenvalue weighted by molar-refractivity contribution is 5.74. The van der Waals surface area contributed by atoms with E-state index in [9.17, 15) is 13.2 Å². The van der Waals surface area contributed by atoms with Gasteiger partial charge in [0.2, 0.25) is 0 Å². The molecule has 16 heavy (non-hydrogen) atoms. The van der Waals surface area contributed by atoms with Gasteiger partial charge in [0.25, 0.3) is 0 Å². The van der Waals surface area contributed by atoms with Gasteiger partial charge < -0.3 is 9.15 Å². The molecule has 0 fully saturated rings. The third kappa shape index (κ3) is 2.06. The van der Waals surface area contributed by atoms with E-state index in [-0.39, 0.29) is 11.5 Å². The van der Waals surface area contributed by atoms with Gasteiger partial charge in [0, 0.05) is 6.07 Å². The van der Waals surface area contributed by atoms with Gasteiger partial charge in [-0.15, -0.1) is 13.2 Å². The zero-order valence-corrected chi connectivity index (χ0v) is 7.58. The van der Waals surface area contributed by atoms with E-state index >= 15 is 0 Å². The summed E-state index contributed by atoms with van der Waals surface area (Å²) < 4.78 is 44.2. The van der Waals surface area contributed by atoms with Gasteiger partial charge in [-0.2, -0.15) is 10.2 Å². The first-order chi connectivity index (χ1) is 7.48. The third-order valence-electron chi connectivity index (χ3n) is 1.69. The summed E-state index contributed by atoms with van der Waals surface area (Å²) >= 11 is 0. The Hall–Kier alpha value is -2.23. The molecule has 0 aliphatic rings. The number of aromatic nitrogens is 1. The molecule has 0 N–H and O–H groups in total. The molecule has 1 aromatic carbocycles. The molecule has 0 saturated heterocycles. The van der Waals surface area contributed by atoms with Crippen molar-refractivity contribution in [1.29, 1.82) is 5.26 Å². The molecule has 2 rings (SSSR count). The summed E-state index contributed by atoms with van der Waals surface area (Å²) in [5, 5.41) is 8.48. The van der Waals surface area contributed by atoms with Crippen molar-refractivity contribution in [2.45, 2.75) is 6.36 Å². The van der Waals surface area contributed by atoms with Crippen molar-refractivity contribution in [2.24, 2.45) is 0 Å². The average Bonchev–Trinajstić information content (AvgIpc) is 2.57. The predicted molar refractivity (Wildman–Crippen MR) is 45.4 cm³/mol. The van der Waals surface area contributed by atoms with Crippen LogP contribution < -0.4 is 4.74 Å². The largest absolute Gasteiger partial charge is 0.573 e. The Labute approximate surface area is 86.9 Å². The number of oxazole rings is 1. The van der Waals surface area contributed by atoms with Crippen molar-refractivity contribution in [3.05, 3.63) is 24.1 Å². The lowest BCUT2D eigenvalue weighted by atomic mass is 10.3. The average molecular weight is 228 g/mol. The number of rotatable bonds is 1. The zero-order valence-electron chi connectivity index (χ0n) is 7.58. The minimum absolute atomic E-state index is 0.0679. The molecule has 4 nitrogen and oxygen atoms in total. The van der Waals surface area contributed by atoms with E-state index in [1.807, 2.05) is 0 Å². The number of hydrogen-bond donors (Lipinski definition) is 0. The minimum Gasteiger partial charge on any atom is -0.428 e. The van der Waals surface area contributed by atoms with Crippen LogP contribution in [-0.4, -0.2) is 11.3 Å². The van der Waals surface area contributed by atoms with E-state index < -0.39 is 12.1 Å². The van der Waals surface area contributed by atoms with Crippen molar-refractivity contribution in [1.82, 2.24) is 4.98 Å². The van der Waals surface area contributed by atoms with Crippen LogP contribution in [0.1, 0.15) is 5.89 Å². The molecule has 1 heterocycles. The van der Waals surface area contributed by atoms with Crippen molar-refractivity contribution < 1.29 is 22.3 Å². The van der Waals surface area contributed by atoms with Crippen LogP contribution in [0, 0.1) is 11.3 Å². The van der Waals surface area contributed by atoms with E-state index in [1.165, 1.54) is 6.07 Å². The first-order valence-corrected chi connectivity index (χ1v) is 4.04. The van der Waals surface area contributed by atoms with Crippen molar-refractivity contribution in [3.8, 4) is 11.8 Å². The molecule has 82 valence electrons. The zero-order chi connectivity index (χ0) is 11.8. The molecule has 1 aromatic heterocycles. The summed E-state index contributed by atoms with van der Waals surface area (Å²) in [7, 11) is 0. The Balaban J connectivity index is 2.40. The second kappa shape index (κ2) is 3.41. The highest BCUT2D eigenvalue weighted by atomic mass is 19.4. The van der Waals surface area contributed by atoms with Crippen LogP contribution in [0.3, 0.4) is 0 Å². The fourth-order valence-electron chi connectivity index (χ4n) is 1.15. The summed E-state index contributed by atoms with van der Waals surface area (Å²) in [4.78, 5) is 3.70. The molecule has 7 heteroatoms. The topological polar surface area (TPSA) is 59.0 Å². The maximum absolute atomic E-state index is 11.9. The number of nitrogens with zero attached hydrogens (tertiary/aromatic N) is 2. The number of halogens is 3. The second-order valence-electron chi connectivity index (χ2n) is 2.81. The SMILES string of the molecule is N#Cc1nc2ccc(OC(F)(F)F)cc2o1. The van der Waals surface area contributed by atoms with Crippen molar-refractivity contribution >= 4 is 11.1 Å². The van der Waals surface area contributed by atoms with Crippen LogP contribution in [0.15, 0.2) is 22.6 Å². The molecule has 0 radical (unpaired) electrons. The van der Waals surface area contributed by atoms with Gasteiger partial charge in [0.05, 0.1) is 0 Å². The van der Waals surface area contributed by atoms with E-state index in [0.717, 1.165) is 12.1 Å². The third-order valence-corrected chi connectivity index (χ3v) is 1.69. The quantitative estimate of drug-likeness (QED) is 0.752. The first-order valence-electron chi connectivity index (χ1n) is 4.04. The smallest absolute Gasteiger partial charge is 0.428 e. The summed E-state index contributed by atoms with van der Waals surface area (Å²) in [5.41, 5.74) is 0.365. The van der Waals surface area contributed by atoms with Gasteiger partial charge in [-0.3, -0.25) is 0 Å². The number of hydrogen-bond acceptors (Lipinski definition) is 4. The molecule has 0 atom stereocenters. The van der Waals surface area contributed by atoms with Crippen LogP contribution >= 0.6 is 0 Å². The number of ether oxygens (including phenoxy) is 1. The first kappa shape index (κ1) is 10.3. The molecule has 0 spiro atoms. The maximum Gasteiger partial charge on any atom is 0.573 e. The van der Waals surface area contributed by atoms with E-state index in [2.05, 4.69) is 9.72 Å². The van der Waals surface area contributed by atoms with Crippen LogP contribution in [0.2, 0.25) is 0 Å². The Bertz CT molecular complexity index is 568. The van der Waals surface area contributed by atoms with Crippen LogP contribution in [-0.2, 0) is 0 Å². The normalized spacial score (nSPS) is 11.4. The molecule has 0 unspecified atom stereocenters. The van der Waals surface area contributed by atoms with Crippen LogP contribution in [0.4, 0.5) is 13.2 Å². The van der Waals surface area contributed by atoms with Crippen molar-refractivity contribution in [3.63, 3.8) is 0 Å². The fourth-order valence-corrected chi connectivity index (χ4v) is 1.15. The maximum atomic E-state index is 11.9. The Morgan fingerprint density at radius 1 is 1.38 bits per heavy atom. The van der Waals surface area contributed by atoms with Gasteiger partial charge >= 0.3 is 12.3 Å². The van der Waals surface area contributed by atoms with Gasteiger partial charge in [-0.1, -0.05) is 0 Å². The molecule has 0 aliphatic heterocycles. The molecule has 0 aliphatic carbocycles. The van der Waals surface area contributed by atoms with Crippen LogP contribution in [0.5, 0.6) is 5.75 Å². The predicted octanol–water partition coefficient (Wildman–Crippen LogP) is 2.60. The lowest BCUT2D eigenvalue weighted by Crippen LogP contribution is -2.16. The Morgan fingerprint density at radius 3 is 2.75 bits per heavy atom. The standard InChI is InChI=1S/C9H3F3N2O2/c10-9(11,12)16-5-1-2-6-7(3-5)15-8(4-13)14-6/h1-3H. The molecular weight excluding hydrogens is 225 g/mol. The summed E-state index contributed by atoms with van der Waals surface area (Å²) in [6.07, 6.45) is -4.76. The minimum atomic E-state index is -4.76. The molecular formula is C9H3F3N2O2. The monoisotopic (exact) mass is 228 g/mol. The highest BCUT2D eigenvalue weighted by Gasteiger charge is 2.31. The number of fused-ring (bicyclic) bond motifs is 1. The number of alkyl halides is 3. The van der Waals surface area contributed by atoms with Gasteiger partial charge in [0.1, 0.15) is 11.3 Å². The van der Waals surface area contributed by atoms with Gasteiger partial charge in [-0.25, -0.2) is 0 Å². The molecule has 0 saturated carbocycles. The lowest BCUT2D eigenvalue weighted by Gasteiger charge is -2.07. The second-order valence-corrected chi connectivity index (χ2v) is 2.81. The fraction of sp³-hybridized carbons (Fsp3) is 0.111. The van der Waals surface area contributed by atoms with E-state index in [0.29, 0.717) is 5.52 Å². The highest BCUT2D eigenvalue weighted by Crippen LogP contribution is 2.26. The Morgan fingerprint density at radius 2 is 2.12 bits per heavy atom. The Kier molecular flexibility index (Phi) is 2.20. The number of benzene rings is 1. The molecule has 2 aromatic rings. The van der Waals surface area contributed by atoms with E-state index in [1.54, 1.807) is 6.07 Å². The lowest BCUT2D eigenvalue weighted by molar-refractivity contribution is -0.274. The molecule has 0 bridgehead atoms. The van der Waals surface area contributed by atoms with Gasteiger partial charge in [0.15, 0.2) is 11.7 Å². The summed E-state index contributed by atoms with van der Waals surface area (Å²) in [5.74, 6) is -0.625. The summed E-state index contributed by atoms with van der Waals surface area (Å²) in [6.45, 7) is 0. The van der Waals surface area contributed by atoms with Crippen molar-refractivity contribution in [2.75, 3.05) is 0 Å².